The summed E-state index contributed by atoms with van der Waals surface area (Å²) in [5.41, 5.74) is 2.88. The van der Waals surface area contributed by atoms with Crippen LogP contribution in [0.5, 0.6) is 11.5 Å². The molecule has 4 nitrogen and oxygen atoms in total. The van der Waals surface area contributed by atoms with Crippen molar-refractivity contribution in [1.82, 2.24) is 0 Å². The molecule has 0 atom stereocenters. The van der Waals surface area contributed by atoms with Gasteiger partial charge in [-0.05, 0) is 41.8 Å². The number of amides is 1. The van der Waals surface area contributed by atoms with E-state index in [1.54, 1.807) is 6.08 Å². The first-order valence-corrected chi connectivity index (χ1v) is 8.23. The molecule has 0 radical (unpaired) electrons. The predicted octanol–water partition coefficient (Wildman–Crippen LogP) is 4.06. The molecular formula is C20H21NO3. The number of nitrogens with one attached hydrogen (secondary N) is 1. The maximum Gasteiger partial charge on any atom is 0.248 e. The van der Waals surface area contributed by atoms with E-state index in [0.717, 1.165) is 41.2 Å². The first-order chi connectivity index (χ1) is 11.8. The number of hydrogen-bond donors (Lipinski definition) is 1. The van der Waals surface area contributed by atoms with E-state index < -0.39 is 0 Å². The van der Waals surface area contributed by atoms with E-state index in [2.05, 4.69) is 12.2 Å². The number of anilines is 1. The lowest BCUT2D eigenvalue weighted by Gasteiger charge is -2.08. The van der Waals surface area contributed by atoms with Crippen LogP contribution >= 0.6 is 0 Å². The maximum atomic E-state index is 12.1. The van der Waals surface area contributed by atoms with Crippen molar-refractivity contribution in [3.63, 3.8) is 0 Å². The number of aryl methyl sites for hydroxylation is 1. The molecule has 4 heteroatoms. The van der Waals surface area contributed by atoms with Gasteiger partial charge in [0.05, 0.1) is 13.2 Å². The van der Waals surface area contributed by atoms with Crippen molar-refractivity contribution in [3.05, 3.63) is 59.7 Å². The van der Waals surface area contributed by atoms with Gasteiger partial charge in [0, 0.05) is 18.2 Å². The molecule has 2 aromatic rings. The highest BCUT2D eigenvalue weighted by atomic mass is 16.5. The Morgan fingerprint density at radius 1 is 1.12 bits per heavy atom. The standard InChI is InChI=1S/C20H21NO3/c1-2-16-6-3-4-7-17(16)21-20(22)11-9-15-8-10-18-19(14-15)24-13-5-12-23-18/h3-4,6-11,14H,2,5,12-13H2,1H3,(H,21,22)/b11-9+. The molecule has 1 aliphatic rings. The van der Waals surface area contributed by atoms with Gasteiger partial charge < -0.3 is 14.8 Å². The number of rotatable bonds is 4. The highest BCUT2D eigenvalue weighted by Crippen LogP contribution is 2.30. The van der Waals surface area contributed by atoms with Crippen LogP contribution in [-0.2, 0) is 11.2 Å². The molecule has 24 heavy (non-hydrogen) atoms. The number of carbonyl (C=O) groups excluding carboxylic acids is 1. The third-order valence-electron chi connectivity index (χ3n) is 3.85. The second-order valence-corrected chi connectivity index (χ2v) is 5.59. The van der Waals surface area contributed by atoms with Crippen LogP contribution in [0.3, 0.4) is 0 Å². The molecule has 0 spiro atoms. The number of benzene rings is 2. The van der Waals surface area contributed by atoms with Gasteiger partial charge in [0.15, 0.2) is 11.5 Å². The van der Waals surface area contributed by atoms with Gasteiger partial charge in [-0.1, -0.05) is 31.2 Å². The van der Waals surface area contributed by atoms with Crippen molar-refractivity contribution in [2.75, 3.05) is 18.5 Å². The minimum atomic E-state index is -0.150. The minimum absolute atomic E-state index is 0.150. The lowest BCUT2D eigenvalue weighted by Crippen LogP contribution is -2.09. The molecule has 0 aromatic heterocycles. The number of para-hydroxylation sites is 1. The SMILES string of the molecule is CCc1ccccc1NC(=O)/C=C/c1ccc2c(c1)OCCCO2. The monoisotopic (exact) mass is 323 g/mol. The summed E-state index contributed by atoms with van der Waals surface area (Å²) in [6, 6.07) is 13.5. The van der Waals surface area contributed by atoms with Crippen molar-refractivity contribution in [2.24, 2.45) is 0 Å². The Kier molecular flexibility index (Phi) is 5.16. The molecule has 1 aliphatic heterocycles. The van der Waals surface area contributed by atoms with E-state index >= 15 is 0 Å². The van der Waals surface area contributed by atoms with Gasteiger partial charge in [0.1, 0.15) is 0 Å². The molecule has 0 saturated heterocycles. The van der Waals surface area contributed by atoms with Crippen molar-refractivity contribution < 1.29 is 14.3 Å². The van der Waals surface area contributed by atoms with Crippen LogP contribution in [0.2, 0.25) is 0 Å². The zero-order valence-corrected chi connectivity index (χ0v) is 13.7. The van der Waals surface area contributed by atoms with Gasteiger partial charge in [0.2, 0.25) is 5.91 Å². The number of ether oxygens (including phenoxy) is 2. The smallest absolute Gasteiger partial charge is 0.248 e. The van der Waals surface area contributed by atoms with Crippen molar-refractivity contribution in [2.45, 2.75) is 19.8 Å². The number of hydrogen-bond acceptors (Lipinski definition) is 3. The van der Waals surface area contributed by atoms with Gasteiger partial charge in [0.25, 0.3) is 0 Å². The molecule has 0 bridgehead atoms. The Balaban J connectivity index is 1.69. The fraction of sp³-hybridized carbons (Fsp3) is 0.250. The first-order valence-electron chi connectivity index (χ1n) is 8.23. The fourth-order valence-electron chi connectivity index (χ4n) is 2.58. The summed E-state index contributed by atoms with van der Waals surface area (Å²) >= 11 is 0. The third kappa shape index (κ3) is 3.96. The molecule has 0 unspecified atom stereocenters. The van der Waals surface area contributed by atoms with Crippen LogP contribution in [0, 0.1) is 0 Å². The molecule has 1 heterocycles. The van der Waals surface area contributed by atoms with Crippen molar-refractivity contribution in [1.29, 1.82) is 0 Å². The van der Waals surface area contributed by atoms with E-state index in [1.165, 1.54) is 6.08 Å². The second kappa shape index (κ2) is 7.68. The summed E-state index contributed by atoms with van der Waals surface area (Å²) < 4.78 is 11.3. The van der Waals surface area contributed by atoms with E-state index in [1.807, 2.05) is 42.5 Å². The molecule has 124 valence electrons. The fourth-order valence-corrected chi connectivity index (χ4v) is 2.58. The van der Waals surface area contributed by atoms with Gasteiger partial charge in [-0.15, -0.1) is 0 Å². The lowest BCUT2D eigenvalue weighted by molar-refractivity contribution is -0.111. The minimum Gasteiger partial charge on any atom is -0.490 e. The average Bonchev–Trinajstić information content (AvgIpc) is 2.85. The normalized spacial score (nSPS) is 13.5. The van der Waals surface area contributed by atoms with Crippen LogP contribution in [-0.4, -0.2) is 19.1 Å². The first kappa shape index (κ1) is 16.1. The molecule has 2 aromatic carbocycles. The van der Waals surface area contributed by atoms with Gasteiger partial charge in [-0.25, -0.2) is 0 Å². The zero-order valence-electron chi connectivity index (χ0n) is 13.7. The van der Waals surface area contributed by atoms with Crippen molar-refractivity contribution >= 4 is 17.7 Å². The average molecular weight is 323 g/mol. The summed E-state index contributed by atoms with van der Waals surface area (Å²) in [6.07, 6.45) is 5.06. The third-order valence-corrected chi connectivity index (χ3v) is 3.85. The van der Waals surface area contributed by atoms with E-state index in [0.29, 0.717) is 13.2 Å². The number of carbonyl (C=O) groups is 1. The summed E-state index contributed by atoms with van der Waals surface area (Å²) in [6.45, 7) is 3.38. The summed E-state index contributed by atoms with van der Waals surface area (Å²) in [4.78, 5) is 12.1. The molecule has 0 saturated carbocycles. The Morgan fingerprint density at radius 3 is 2.75 bits per heavy atom. The Labute approximate surface area is 142 Å². The van der Waals surface area contributed by atoms with E-state index in [-0.39, 0.29) is 5.91 Å². The number of fused-ring (bicyclic) bond motifs is 1. The quantitative estimate of drug-likeness (QED) is 0.863. The zero-order chi connectivity index (χ0) is 16.8. The molecule has 0 fully saturated rings. The van der Waals surface area contributed by atoms with Gasteiger partial charge in [-0.2, -0.15) is 0 Å². The topological polar surface area (TPSA) is 47.6 Å². The van der Waals surface area contributed by atoms with Crippen LogP contribution in [0.4, 0.5) is 5.69 Å². The summed E-state index contributed by atoms with van der Waals surface area (Å²) in [5, 5.41) is 2.92. The van der Waals surface area contributed by atoms with Gasteiger partial charge >= 0.3 is 0 Å². The summed E-state index contributed by atoms with van der Waals surface area (Å²) in [7, 11) is 0. The van der Waals surface area contributed by atoms with Crippen LogP contribution in [0.1, 0.15) is 24.5 Å². The largest absolute Gasteiger partial charge is 0.490 e. The highest BCUT2D eigenvalue weighted by molar-refractivity contribution is 6.02. The Morgan fingerprint density at radius 2 is 1.92 bits per heavy atom. The van der Waals surface area contributed by atoms with Crippen LogP contribution in [0.25, 0.3) is 6.08 Å². The highest BCUT2D eigenvalue weighted by Gasteiger charge is 2.10. The van der Waals surface area contributed by atoms with E-state index in [4.69, 9.17) is 9.47 Å². The van der Waals surface area contributed by atoms with E-state index in [9.17, 15) is 4.79 Å². The molecule has 1 amide bonds. The van der Waals surface area contributed by atoms with Gasteiger partial charge in [-0.3, -0.25) is 4.79 Å². The lowest BCUT2D eigenvalue weighted by atomic mass is 10.1. The van der Waals surface area contributed by atoms with Crippen LogP contribution in [0.15, 0.2) is 48.5 Å². The molecule has 0 aliphatic carbocycles. The summed E-state index contributed by atoms with van der Waals surface area (Å²) in [5.74, 6) is 1.33. The molecular weight excluding hydrogens is 302 g/mol. The second-order valence-electron chi connectivity index (χ2n) is 5.59. The Hall–Kier alpha value is -2.75. The molecule has 3 rings (SSSR count). The van der Waals surface area contributed by atoms with Crippen LogP contribution < -0.4 is 14.8 Å². The Bertz CT molecular complexity index is 752. The maximum absolute atomic E-state index is 12.1. The predicted molar refractivity (Wildman–Crippen MR) is 95.5 cm³/mol. The van der Waals surface area contributed by atoms with Crippen molar-refractivity contribution in [3.8, 4) is 11.5 Å². The molecule has 1 N–H and O–H groups in total.